The number of aliphatic carboxylic acids is 1. The molecule has 0 radical (unpaired) electrons. The monoisotopic (exact) mass is 218 g/mol. The molecule has 2 rings (SSSR count). The van der Waals surface area contributed by atoms with E-state index in [0.29, 0.717) is 12.8 Å². The summed E-state index contributed by atoms with van der Waals surface area (Å²) in [6, 6.07) is 0. The van der Waals surface area contributed by atoms with Crippen molar-refractivity contribution in [2.24, 2.45) is 11.3 Å². The standard InChI is InChI=1S/C11H16F2O2/c12-11(13)3-1-8(2-4-11)10(5-6-10)7-9(14)15/h8H,1-7H2,(H,14,15). The molecule has 0 heterocycles. The molecule has 86 valence electrons. The molecule has 2 aliphatic rings. The zero-order chi connectivity index (χ0) is 11.1. The fraction of sp³-hybridized carbons (Fsp3) is 0.909. The molecule has 0 aromatic rings. The SMILES string of the molecule is O=C(O)CC1(C2CCC(F)(F)CC2)CC1. The number of carbonyl (C=O) groups is 1. The maximum Gasteiger partial charge on any atom is 0.303 e. The van der Waals surface area contributed by atoms with E-state index in [2.05, 4.69) is 0 Å². The molecule has 0 bridgehead atoms. The van der Waals surface area contributed by atoms with Gasteiger partial charge < -0.3 is 5.11 Å². The van der Waals surface area contributed by atoms with Crippen LogP contribution in [0.1, 0.15) is 44.9 Å². The van der Waals surface area contributed by atoms with Crippen LogP contribution in [0, 0.1) is 11.3 Å². The molecule has 0 aromatic heterocycles. The fourth-order valence-electron chi connectivity index (χ4n) is 2.84. The maximum absolute atomic E-state index is 12.9. The minimum Gasteiger partial charge on any atom is -0.481 e. The second-order valence-electron chi connectivity index (χ2n) is 5.06. The normalized spacial score (nSPS) is 28.7. The molecule has 0 saturated heterocycles. The van der Waals surface area contributed by atoms with Crippen molar-refractivity contribution in [3.05, 3.63) is 0 Å². The second kappa shape index (κ2) is 3.42. The lowest BCUT2D eigenvalue weighted by molar-refractivity contribution is -0.139. The molecule has 2 aliphatic carbocycles. The molecule has 0 aromatic carbocycles. The van der Waals surface area contributed by atoms with Gasteiger partial charge in [-0.05, 0) is 37.0 Å². The van der Waals surface area contributed by atoms with E-state index in [1.807, 2.05) is 0 Å². The summed E-state index contributed by atoms with van der Waals surface area (Å²) in [6.07, 6.45) is 2.88. The summed E-state index contributed by atoms with van der Waals surface area (Å²) in [5, 5.41) is 8.77. The first-order valence-electron chi connectivity index (χ1n) is 5.53. The number of hydrogen-bond acceptors (Lipinski definition) is 1. The van der Waals surface area contributed by atoms with Crippen LogP contribution < -0.4 is 0 Å². The number of alkyl halides is 2. The zero-order valence-electron chi connectivity index (χ0n) is 8.64. The van der Waals surface area contributed by atoms with Gasteiger partial charge in [-0.25, -0.2) is 8.78 Å². The van der Waals surface area contributed by atoms with Gasteiger partial charge in [-0.1, -0.05) is 0 Å². The summed E-state index contributed by atoms with van der Waals surface area (Å²) in [5.41, 5.74) is -0.123. The van der Waals surface area contributed by atoms with Gasteiger partial charge in [-0.2, -0.15) is 0 Å². The fourth-order valence-corrected chi connectivity index (χ4v) is 2.84. The predicted octanol–water partition coefficient (Wildman–Crippen LogP) is 3.07. The molecule has 2 nitrogen and oxygen atoms in total. The molecule has 1 N–H and O–H groups in total. The van der Waals surface area contributed by atoms with Crippen LogP contribution in [-0.2, 0) is 4.79 Å². The van der Waals surface area contributed by atoms with E-state index in [1.54, 1.807) is 0 Å². The first-order valence-corrected chi connectivity index (χ1v) is 5.53. The molecule has 4 heteroatoms. The molecule has 0 amide bonds. The van der Waals surface area contributed by atoms with Crippen LogP contribution in [0.15, 0.2) is 0 Å². The highest BCUT2D eigenvalue weighted by atomic mass is 19.3. The van der Waals surface area contributed by atoms with Crippen molar-refractivity contribution in [2.45, 2.75) is 50.9 Å². The van der Waals surface area contributed by atoms with E-state index >= 15 is 0 Å². The third-order valence-electron chi connectivity index (χ3n) is 3.98. The topological polar surface area (TPSA) is 37.3 Å². The molecule has 0 aliphatic heterocycles. The number of rotatable bonds is 3. The highest BCUT2D eigenvalue weighted by Gasteiger charge is 2.52. The Balaban J connectivity index is 1.93. The Hall–Kier alpha value is -0.670. The van der Waals surface area contributed by atoms with E-state index in [9.17, 15) is 13.6 Å². The van der Waals surface area contributed by atoms with Crippen molar-refractivity contribution in [1.29, 1.82) is 0 Å². The summed E-state index contributed by atoms with van der Waals surface area (Å²) >= 11 is 0. The Labute approximate surface area is 87.7 Å². The van der Waals surface area contributed by atoms with Gasteiger partial charge in [-0.3, -0.25) is 4.79 Å². The highest BCUT2D eigenvalue weighted by Crippen LogP contribution is 2.59. The van der Waals surface area contributed by atoms with Crippen molar-refractivity contribution in [1.82, 2.24) is 0 Å². The molecule has 2 fully saturated rings. The number of hydrogen-bond donors (Lipinski definition) is 1. The Morgan fingerprint density at radius 3 is 2.13 bits per heavy atom. The third kappa shape index (κ3) is 2.29. The van der Waals surface area contributed by atoms with Gasteiger partial charge in [0.05, 0.1) is 6.42 Å². The maximum atomic E-state index is 12.9. The van der Waals surface area contributed by atoms with Crippen LogP contribution in [-0.4, -0.2) is 17.0 Å². The molecule has 2 saturated carbocycles. The third-order valence-corrected chi connectivity index (χ3v) is 3.98. The van der Waals surface area contributed by atoms with Gasteiger partial charge >= 0.3 is 5.97 Å². The highest BCUT2D eigenvalue weighted by molar-refractivity contribution is 5.68. The molecular weight excluding hydrogens is 202 g/mol. The average Bonchev–Trinajstić information content (AvgIpc) is 2.84. The van der Waals surface area contributed by atoms with E-state index in [0.717, 1.165) is 12.8 Å². The van der Waals surface area contributed by atoms with E-state index in [4.69, 9.17) is 5.11 Å². The lowest BCUT2D eigenvalue weighted by atomic mass is 9.75. The number of carboxylic acid groups (broad SMARTS) is 1. The van der Waals surface area contributed by atoms with Crippen molar-refractivity contribution in [3.63, 3.8) is 0 Å². The lowest BCUT2D eigenvalue weighted by Crippen LogP contribution is -2.30. The molecule has 0 unspecified atom stereocenters. The van der Waals surface area contributed by atoms with Crippen LogP contribution in [0.5, 0.6) is 0 Å². The van der Waals surface area contributed by atoms with Crippen molar-refractivity contribution < 1.29 is 18.7 Å². The lowest BCUT2D eigenvalue weighted by Gasteiger charge is -2.33. The van der Waals surface area contributed by atoms with Crippen LogP contribution in [0.4, 0.5) is 8.78 Å². The molecule has 0 spiro atoms. The van der Waals surface area contributed by atoms with Gasteiger partial charge in [-0.15, -0.1) is 0 Å². The summed E-state index contributed by atoms with van der Waals surface area (Å²) in [4.78, 5) is 10.7. The van der Waals surface area contributed by atoms with E-state index < -0.39 is 11.9 Å². The smallest absolute Gasteiger partial charge is 0.303 e. The van der Waals surface area contributed by atoms with Gasteiger partial charge in [0.15, 0.2) is 0 Å². The first-order chi connectivity index (χ1) is 6.94. The summed E-state index contributed by atoms with van der Waals surface area (Å²) in [7, 11) is 0. The second-order valence-corrected chi connectivity index (χ2v) is 5.06. The van der Waals surface area contributed by atoms with Crippen molar-refractivity contribution in [2.75, 3.05) is 0 Å². The Morgan fingerprint density at radius 1 is 1.20 bits per heavy atom. The Kier molecular flexibility index (Phi) is 2.47. The minimum atomic E-state index is -2.50. The van der Waals surface area contributed by atoms with Crippen molar-refractivity contribution >= 4 is 5.97 Å². The van der Waals surface area contributed by atoms with Crippen LogP contribution in [0.25, 0.3) is 0 Å². The van der Waals surface area contributed by atoms with Crippen LogP contribution in [0.2, 0.25) is 0 Å². The Morgan fingerprint density at radius 2 is 1.73 bits per heavy atom. The first kappa shape index (κ1) is 10.8. The van der Waals surface area contributed by atoms with E-state index in [1.165, 1.54) is 0 Å². The van der Waals surface area contributed by atoms with Gasteiger partial charge in [0.25, 0.3) is 0 Å². The summed E-state index contributed by atoms with van der Waals surface area (Å²) in [5.74, 6) is -3.08. The summed E-state index contributed by atoms with van der Waals surface area (Å²) in [6.45, 7) is 0. The van der Waals surface area contributed by atoms with E-state index in [-0.39, 0.29) is 30.6 Å². The van der Waals surface area contributed by atoms with Gasteiger partial charge in [0.1, 0.15) is 0 Å². The van der Waals surface area contributed by atoms with Crippen LogP contribution in [0.3, 0.4) is 0 Å². The van der Waals surface area contributed by atoms with Crippen molar-refractivity contribution in [3.8, 4) is 0 Å². The van der Waals surface area contributed by atoms with Gasteiger partial charge in [0, 0.05) is 12.8 Å². The predicted molar refractivity (Wildman–Crippen MR) is 50.8 cm³/mol. The summed E-state index contributed by atoms with van der Waals surface area (Å²) < 4.78 is 25.9. The molecule has 0 atom stereocenters. The average molecular weight is 218 g/mol. The number of halogens is 2. The molecular formula is C11H16F2O2. The minimum absolute atomic E-state index is 0.0565. The molecule has 15 heavy (non-hydrogen) atoms. The van der Waals surface area contributed by atoms with Crippen LogP contribution >= 0.6 is 0 Å². The Bertz CT molecular complexity index is 262. The largest absolute Gasteiger partial charge is 0.481 e. The van der Waals surface area contributed by atoms with Gasteiger partial charge in [0.2, 0.25) is 5.92 Å². The zero-order valence-corrected chi connectivity index (χ0v) is 8.64. The number of carboxylic acids is 1. The quantitative estimate of drug-likeness (QED) is 0.790.